The molecule has 0 aliphatic carbocycles. The van der Waals surface area contributed by atoms with Gasteiger partial charge in [-0.05, 0) is 42.2 Å². The molecule has 5 nitrogen and oxygen atoms in total. The van der Waals surface area contributed by atoms with Gasteiger partial charge in [-0.25, -0.2) is 0 Å². The standard InChI is InChI=1S/C21H22F3NO4S/c1-14(26)13-28-18-5-3-4-17(27-2)19(18)20-25(10-11-30-20)12-15-6-8-16(9-7-15)29-21(22,23)24/h3-11,14,20,26H,12-13H2,1-2H3. The maximum atomic E-state index is 12.3. The van der Waals surface area contributed by atoms with Crippen molar-refractivity contribution in [1.82, 2.24) is 4.90 Å². The van der Waals surface area contributed by atoms with Crippen LogP contribution in [0.4, 0.5) is 13.2 Å². The summed E-state index contributed by atoms with van der Waals surface area (Å²) < 4.78 is 52.3. The van der Waals surface area contributed by atoms with Crippen molar-refractivity contribution in [3.8, 4) is 17.2 Å². The lowest BCUT2D eigenvalue weighted by Crippen LogP contribution is -2.20. The fraction of sp³-hybridized carbons (Fsp3) is 0.333. The summed E-state index contributed by atoms with van der Waals surface area (Å²) in [5.74, 6) is 1.00. The molecule has 0 saturated heterocycles. The molecule has 0 aromatic heterocycles. The van der Waals surface area contributed by atoms with Gasteiger partial charge in [0.1, 0.15) is 29.2 Å². The molecular formula is C21H22F3NO4S. The zero-order valence-corrected chi connectivity index (χ0v) is 17.2. The molecule has 30 heavy (non-hydrogen) atoms. The molecule has 2 aromatic rings. The SMILES string of the molecule is COc1cccc(OCC(C)O)c1C1SC=CN1Cc1ccc(OC(F)(F)F)cc1. The van der Waals surface area contributed by atoms with E-state index < -0.39 is 12.5 Å². The Bertz CT molecular complexity index is 872. The number of aliphatic hydroxyl groups excluding tert-OH is 1. The van der Waals surface area contributed by atoms with Gasteiger partial charge in [0, 0.05) is 12.7 Å². The van der Waals surface area contributed by atoms with Crippen LogP contribution in [0.5, 0.6) is 17.2 Å². The number of nitrogens with zero attached hydrogens (tertiary/aromatic N) is 1. The first kappa shape index (κ1) is 22.2. The molecule has 0 bridgehead atoms. The number of benzene rings is 2. The van der Waals surface area contributed by atoms with Crippen molar-refractivity contribution in [2.75, 3.05) is 13.7 Å². The maximum Gasteiger partial charge on any atom is 0.573 e. The van der Waals surface area contributed by atoms with E-state index in [0.717, 1.165) is 11.1 Å². The highest BCUT2D eigenvalue weighted by Crippen LogP contribution is 2.47. The Labute approximate surface area is 177 Å². The van der Waals surface area contributed by atoms with Crippen LogP contribution in [0.2, 0.25) is 0 Å². The molecule has 0 saturated carbocycles. The number of halogens is 3. The fourth-order valence-corrected chi connectivity index (χ4v) is 4.05. The summed E-state index contributed by atoms with van der Waals surface area (Å²) in [7, 11) is 1.58. The van der Waals surface area contributed by atoms with Crippen LogP contribution in [0.25, 0.3) is 0 Å². The Morgan fingerprint density at radius 1 is 1.13 bits per heavy atom. The summed E-state index contributed by atoms with van der Waals surface area (Å²) in [5, 5.41) is 11.4. The first-order valence-corrected chi connectivity index (χ1v) is 10.1. The predicted octanol–water partition coefficient (Wildman–Crippen LogP) is 5.07. The average Bonchev–Trinajstić information content (AvgIpc) is 3.14. The monoisotopic (exact) mass is 441 g/mol. The molecule has 0 radical (unpaired) electrons. The smallest absolute Gasteiger partial charge is 0.496 e. The molecule has 0 fully saturated rings. The van der Waals surface area contributed by atoms with E-state index in [9.17, 15) is 18.3 Å². The van der Waals surface area contributed by atoms with Gasteiger partial charge in [0.05, 0.1) is 18.8 Å². The van der Waals surface area contributed by atoms with E-state index in [-0.39, 0.29) is 17.7 Å². The Hall–Kier alpha value is -2.52. The van der Waals surface area contributed by atoms with Crippen LogP contribution in [0.3, 0.4) is 0 Å². The number of aliphatic hydroxyl groups is 1. The number of alkyl halides is 3. The highest BCUT2D eigenvalue weighted by Gasteiger charge is 2.31. The van der Waals surface area contributed by atoms with Crippen molar-refractivity contribution in [2.24, 2.45) is 0 Å². The minimum atomic E-state index is -4.72. The highest BCUT2D eigenvalue weighted by molar-refractivity contribution is 8.02. The number of methoxy groups -OCH3 is 1. The molecule has 2 aromatic carbocycles. The van der Waals surface area contributed by atoms with Crippen molar-refractivity contribution >= 4 is 11.8 Å². The van der Waals surface area contributed by atoms with Gasteiger partial charge in [-0.3, -0.25) is 0 Å². The Morgan fingerprint density at radius 3 is 2.47 bits per heavy atom. The number of ether oxygens (including phenoxy) is 3. The van der Waals surface area contributed by atoms with Crippen LogP contribution in [-0.4, -0.2) is 36.2 Å². The first-order valence-electron chi connectivity index (χ1n) is 9.17. The molecule has 1 aliphatic rings. The summed E-state index contributed by atoms with van der Waals surface area (Å²) >= 11 is 1.56. The zero-order chi connectivity index (χ0) is 21.7. The van der Waals surface area contributed by atoms with Gasteiger partial charge in [-0.1, -0.05) is 18.2 Å². The zero-order valence-electron chi connectivity index (χ0n) is 16.4. The molecular weight excluding hydrogens is 419 g/mol. The molecule has 1 aliphatic heterocycles. The highest BCUT2D eigenvalue weighted by atomic mass is 32.2. The van der Waals surface area contributed by atoms with Crippen LogP contribution in [0, 0.1) is 0 Å². The van der Waals surface area contributed by atoms with Gasteiger partial charge >= 0.3 is 6.36 Å². The summed E-state index contributed by atoms with van der Waals surface area (Å²) in [6.45, 7) is 2.25. The molecule has 162 valence electrons. The molecule has 9 heteroatoms. The minimum absolute atomic E-state index is 0.144. The lowest BCUT2D eigenvalue weighted by atomic mass is 10.1. The molecule has 0 amide bonds. The van der Waals surface area contributed by atoms with E-state index in [2.05, 4.69) is 4.74 Å². The molecule has 0 spiro atoms. The summed E-state index contributed by atoms with van der Waals surface area (Å²) in [6, 6.07) is 11.3. The predicted molar refractivity (Wildman–Crippen MR) is 108 cm³/mol. The van der Waals surface area contributed by atoms with Crippen LogP contribution < -0.4 is 14.2 Å². The van der Waals surface area contributed by atoms with Gasteiger partial charge in [0.25, 0.3) is 0 Å². The van der Waals surface area contributed by atoms with Gasteiger partial charge in [0.15, 0.2) is 0 Å². The van der Waals surface area contributed by atoms with Crippen LogP contribution >= 0.6 is 11.8 Å². The summed E-state index contributed by atoms with van der Waals surface area (Å²) in [4.78, 5) is 2.04. The van der Waals surface area contributed by atoms with E-state index in [4.69, 9.17) is 9.47 Å². The van der Waals surface area contributed by atoms with Gasteiger partial charge in [0.2, 0.25) is 0 Å². The third kappa shape index (κ3) is 5.76. The number of hydrogen-bond donors (Lipinski definition) is 1. The molecule has 2 atom stereocenters. The number of thioether (sulfide) groups is 1. The van der Waals surface area contributed by atoms with Crippen molar-refractivity contribution < 1.29 is 32.5 Å². The Balaban J connectivity index is 1.79. The van der Waals surface area contributed by atoms with E-state index in [1.165, 1.54) is 12.1 Å². The van der Waals surface area contributed by atoms with Crippen molar-refractivity contribution in [3.05, 3.63) is 65.2 Å². The van der Waals surface area contributed by atoms with E-state index in [1.54, 1.807) is 37.9 Å². The fourth-order valence-electron chi connectivity index (χ4n) is 3.00. The van der Waals surface area contributed by atoms with E-state index >= 15 is 0 Å². The van der Waals surface area contributed by atoms with Crippen molar-refractivity contribution in [3.63, 3.8) is 0 Å². The van der Waals surface area contributed by atoms with E-state index in [0.29, 0.717) is 18.0 Å². The van der Waals surface area contributed by atoms with Gasteiger partial charge in [-0.2, -0.15) is 0 Å². The Morgan fingerprint density at radius 2 is 1.83 bits per heavy atom. The van der Waals surface area contributed by atoms with Crippen molar-refractivity contribution in [1.29, 1.82) is 0 Å². The second-order valence-corrected chi connectivity index (χ2v) is 7.66. The number of rotatable bonds is 8. The maximum absolute atomic E-state index is 12.3. The second kappa shape index (κ2) is 9.53. The molecule has 3 rings (SSSR count). The van der Waals surface area contributed by atoms with Crippen LogP contribution in [0.1, 0.15) is 23.4 Å². The van der Waals surface area contributed by atoms with Gasteiger partial charge in [-0.15, -0.1) is 24.9 Å². The average molecular weight is 441 g/mol. The minimum Gasteiger partial charge on any atom is -0.496 e. The normalized spacial score (nSPS) is 17.1. The van der Waals surface area contributed by atoms with Gasteiger partial charge < -0.3 is 24.2 Å². The van der Waals surface area contributed by atoms with E-state index in [1.807, 2.05) is 34.7 Å². The largest absolute Gasteiger partial charge is 0.573 e. The molecule has 1 heterocycles. The topological polar surface area (TPSA) is 51.2 Å². The molecule has 1 N–H and O–H groups in total. The lowest BCUT2D eigenvalue weighted by molar-refractivity contribution is -0.274. The first-order chi connectivity index (χ1) is 14.3. The quantitative estimate of drug-likeness (QED) is 0.617. The van der Waals surface area contributed by atoms with Crippen LogP contribution in [-0.2, 0) is 6.54 Å². The lowest BCUT2D eigenvalue weighted by Gasteiger charge is -2.28. The van der Waals surface area contributed by atoms with Crippen molar-refractivity contribution in [2.45, 2.75) is 31.3 Å². The number of hydrogen-bond acceptors (Lipinski definition) is 6. The Kier molecular flexibility index (Phi) is 7.04. The molecule has 2 unspecified atom stereocenters. The summed E-state index contributed by atoms with van der Waals surface area (Å²) in [6.07, 6.45) is -3.42. The third-order valence-electron chi connectivity index (χ3n) is 4.26. The van der Waals surface area contributed by atoms with Crippen LogP contribution in [0.15, 0.2) is 54.1 Å². The summed E-state index contributed by atoms with van der Waals surface area (Å²) in [5.41, 5.74) is 1.65. The third-order valence-corrected chi connectivity index (χ3v) is 5.30. The second-order valence-electron chi connectivity index (χ2n) is 6.67.